The molecule has 0 saturated carbocycles. The predicted octanol–water partition coefficient (Wildman–Crippen LogP) is 5.33. The number of phenolic OH excluding ortho intramolecular Hbond substituents is 1. The fourth-order valence-corrected chi connectivity index (χ4v) is 3.37. The summed E-state index contributed by atoms with van der Waals surface area (Å²) in [4.78, 5) is 24.0. The number of carbonyl (C=O) groups is 2. The van der Waals surface area contributed by atoms with Gasteiger partial charge in [-0.05, 0) is 54.0 Å². The molecule has 0 saturated heterocycles. The number of aldehydes is 1. The van der Waals surface area contributed by atoms with Crippen LogP contribution in [0.5, 0.6) is 11.5 Å². The number of phenols is 1. The summed E-state index contributed by atoms with van der Waals surface area (Å²) in [7, 11) is 0. The third kappa shape index (κ3) is 5.34. The molecule has 2 rings (SSSR count). The molecule has 5 heteroatoms. The van der Waals surface area contributed by atoms with Gasteiger partial charge in [0.05, 0.1) is 6.61 Å². The van der Waals surface area contributed by atoms with Gasteiger partial charge in [-0.25, -0.2) is 0 Å². The molecule has 0 heterocycles. The van der Waals surface area contributed by atoms with Crippen LogP contribution in [0.3, 0.4) is 0 Å². The molecular weight excluding hydrogens is 392 g/mol. The molecule has 0 aliphatic heterocycles. The van der Waals surface area contributed by atoms with Gasteiger partial charge >= 0.3 is 0 Å². The molecule has 2 aromatic carbocycles. The standard InChI is InChI=1S/C26H34O5/c1-7-25(3,4)20-12-18(13-21(24(20)30)26(5,6)8-2)22(29)16-31-23-10-9-17(14-27)11-19(23)15-28/h9-14,28,30H,7-8,15-16H2,1-6H3. The Morgan fingerprint density at radius 3 is 2.00 bits per heavy atom. The number of hydrogen-bond donors (Lipinski definition) is 2. The lowest BCUT2D eigenvalue weighted by Crippen LogP contribution is -2.23. The molecule has 2 N–H and O–H groups in total. The largest absolute Gasteiger partial charge is 0.507 e. The van der Waals surface area contributed by atoms with Crippen LogP contribution in [0.4, 0.5) is 0 Å². The van der Waals surface area contributed by atoms with E-state index in [9.17, 15) is 19.8 Å². The fourth-order valence-electron chi connectivity index (χ4n) is 3.37. The number of aromatic hydroxyl groups is 1. The molecule has 0 aromatic heterocycles. The summed E-state index contributed by atoms with van der Waals surface area (Å²) >= 11 is 0. The zero-order valence-electron chi connectivity index (χ0n) is 19.4. The summed E-state index contributed by atoms with van der Waals surface area (Å²) in [6.07, 6.45) is 2.31. The van der Waals surface area contributed by atoms with E-state index in [-0.39, 0.29) is 35.6 Å². The zero-order valence-corrected chi connectivity index (χ0v) is 19.4. The van der Waals surface area contributed by atoms with Crippen molar-refractivity contribution in [3.8, 4) is 11.5 Å². The van der Waals surface area contributed by atoms with Gasteiger partial charge in [0, 0.05) is 27.8 Å². The van der Waals surface area contributed by atoms with Gasteiger partial charge in [-0.15, -0.1) is 0 Å². The molecule has 31 heavy (non-hydrogen) atoms. The van der Waals surface area contributed by atoms with Crippen molar-refractivity contribution in [2.75, 3.05) is 6.61 Å². The van der Waals surface area contributed by atoms with E-state index in [1.165, 1.54) is 6.07 Å². The molecule has 2 aromatic rings. The molecule has 0 fully saturated rings. The minimum Gasteiger partial charge on any atom is -0.507 e. The Labute approximate surface area is 185 Å². The minimum atomic E-state index is -0.298. The van der Waals surface area contributed by atoms with Gasteiger partial charge in [0.25, 0.3) is 0 Å². The Kier molecular flexibility index (Phi) is 7.66. The highest BCUT2D eigenvalue weighted by atomic mass is 16.5. The number of aliphatic hydroxyl groups excluding tert-OH is 1. The van der Waals surface area contributed by atoms with Gasteiger partial charge in [0.1, 0.15) is 17.8 Å². The first kappa shape index (κ1) is 24.6. The van der Waals surface area contributed by atoms with Crippen molar-refractivity contribution < 1.29 is 24.5 Å². The second-order valence-electron chi connectivity index (χ2n) is 9.25. The van der Waals surface area contributed by atoms with Crippen LogP contribution in [-0.2, 0) is 17.4 Å². The molecule has 0 spiro atoms. The van der Waals surface area contributed by atoms with E-state index < -0.39 is 0 Å². The second-order valence-corrected chi connectivity index (χ2v) is 9.25. The molecule has 0 aliphatic carbocycles. The van der Waals surface area contributed by atoms with Crippen molar-refractivity contribution in [1.82, 2.24) is 0 Å². The highest BCUT2D eigenvalue weighted by Gasteiger charge is 2.30. The first-order valence-electron chi connectivity index (χ1n) is 10.7. The first-order valence-corrected chi connectivity index (χ1v) is 10.7. The quantitative estimate of drug-likeness (QED) is 0.396. The Hall–Kier alpha value is -2.66. The molecule has 0 atom stereocenters. The Balaban J connectivity index is 2.43. The summed E-state index contributed by atoms with van der Waals surface area (Å²) in [5, 5.41) is 20.6. The van der Waals surface area contributed by atoms with Crippen LogP contribution >= 0.6 is 0 Å². The average molecular weight is 427 g/mol. The lowest BCUT2D eigenvalue weighted by atomic mass is 9.74. The minimum absolute atomic E-state index is 0.212. The normalized spacial score (nSPS) is 12.0. The number of Topliss-reactive ketones (excluding diaryl/α,β-unsaturated/α-hetero) is 1. The molecule has 0 bridgehead atoms. The third-order valence-corrected chi connectivity index (χ3v) is 6.41. The van der Waals surface area contributed by atoms with Gasteiger partial charge in [0.15, 0.2) is 12.4 Å². The molecule has 0 unspecified atom stereocenters. The van der Waals surface area contributed by atoms with Crippen LogP contribution in [0, 0.1) is 0 Å². The fraction of sp³-hybridized carbons (Fsp3) is 0.462. The van der Waals surface area contributed by atoms with Crippen molar-refractivity contribution in [3.05, 3.63) is 58.1 Å². The van der Waals surface area contributed by atoms with E-state index in [4.69, 9.17) is 4.74 Å². The van der Waals surface area contributed by atoms with Gasteiger partial charge in [0.2, 0.25) is 0 Å². The third-order valence-electron chi connectivity index (χ3n) is 6.41. The number of carbonyl (C=O) groups excluding carboxylic acids is 2. The molecule has 5 nitrogen and oxygen atoms in total. The number of hydrogen-bond acceptors (Lipinski definition) is 5. The number of aliphatic hydroxyl groups is 1. The lowest BCUT2D eigenvalue weighted by molar-refractivity contribution is 0.0918. The summed E-state index contributed by atoms with van der Waals surface area (Å²) < 4.78 is 5.69. The maximum Gasteiger partial charge on any atom is 0.200 e. The maximum absolute atomic E-state index is 13.1. The monoisotopic (exact) mass is 426 g/mol. The van der Waals surface area contributed by atoms with Crippen molar-refractivity contribution in [2.24, 2.45) is 0 Å². The second kappa shape index (κ2) is 9.65. The summed E-state index contributed by atoms with van der Waals surface area (Å²) in [6, 6.07) is 8.23. The Bertz CT molecular complexity index is 919. The highest BCUT2D eigenvalue weighted by Crippen LogP contribution is 2.42. The van der Waals surface area contributed by atoms with Crippen molar-refractivity contribution in [3.63, 3.8) is 0 Å². The van der Waals surface area contributed by atoms with E-state index in [2.05, 4.69) is 41.5 Å². The molecule has 0 aliphatic rings. The zero-order chi connectivity index (χ0) is 23.4. The Morgan fingerprint density at radius 1 is 1.00 bits per heavy atom. The number of ketones is 1. The van der Waals surface area contributed by atoms with Crippen LogP contribution in [0.2, 0.25) is 0 Å². The van der Waals surface area contributed by atoms with E-state index in [1.54, 1.807) is 24.3 Å². The van der Waals surface area contributed by atoms with Gasteiger partial charge in [-0.2, -0.15) is 0 Å². The molecule has 168 valence electrons. The number of benzene rings is 2. The van der Waals surface area contributed by atoms with Crippen LogP contribution in [0.1, 0.15) is 91.8 Å². The van der Waals surface area contributed by atoms with Crippen LogP contribution in [0.15, 0.2) is 30.3 Å². The van der Waals surface area contributed by atoms with Crippen molar-refractivity contribution in [2.45, 2.75) is 71.8 Å². The van der Waals surface area contributed by atoms with E-state index in [0.29, 0.717) is 28.7 Å². The van der Waals surface area contributed by atoms with E-state index in [0.717, 1.165) is 24.0 Å². The molecule has 0 radical (unpaired) electrons. The van der Waals surface area contributed by atoms with Gasteiger partial charge < -0.3 is 14.9 Å². The van der Waals surface area contributed by atoms with Gasteiger partial charge in [-0.1, -0.05) is 41.5 Å². The summed E-state index contributed by atoms with van der Waals surface area (Å²) in [6.45, 7) is 11.8. The molecular formula is C26H34O5. The first-order chi connectivity index (χ1) is 14.5. The number of rotatable bonds is 10. The predicted molar refractivity (Wildman–Crippen MR) is 122 cm³/mol. The van der Waals surface area contributed by atoms with Crippen LogP contribution in [0.25, 0.3) is 0 Å². The SMILES string of the molecule is CCC(C)(C)c1cc(C(=O)COc2ccc(C=O)cc2CO)cc(C(C)(C)CC)c1O. The highest BCUT2D eigenvalue weighted by molar-refractivity contribution is 5.98. The summed E-state index contributed by atoms with van der Waals surface area (Å²) in [5.74, 6) is 0.399. The Morgan fingerprint density at radius 2 is 1.55 bits per heavy atom. The van der Waals surface area contributed by atoms with Crippen molar-refractivity contribution in [1.29, 1.82) is 0 Å². The maximum atomic E-state index is 13.1. The van der Waals surface area contributed by atoms with E-state index >= 15 is 0 Å². The van der Waals surface area contributed by atoms with Crippen molar-refractivity contribution >= 4 is 12.1 Å². The lowest BCUT2D eigenvalue weighted by Gasteiger charge is -2.31. The smallest absolute Gasteiger partial charge is 0.200 e. The van der Waals surface area contributed by atoms with E-state index in [1.807, 2.05) is 0 Å². The topological polar surface area (TPSA) is 83.8 Å². The van der Waals surface area contributed by atoms with Crippen LogP contribution in [-0.4, -0.2) is 28.9 Å². The summed E-state index contributed by atoms with van der Waals surface area (Å²) in [5.41, 5.74) is 2.28. The van der Waals surface area contributed by atoms with Gasteiger partial charge in [-0.3, -0.25) is 9.59 Å². The van der Waals surface area contributed by atoms with Crippen LogP contribution < -0.4 is 4.74 Å². The number of ether oxygens (including phenoxy) is 1. The molecule has 0 amide bonds. The average Bonchev–Trinajstić information content (AvgIpc) is 2.76.